The largest absolute Gasteiger partial charge is 0.478 e. The van der Waals surface area contributed by atoms with Gasteiger partial charge in [-0.1, -0.05) is 13.8 Å². The zero-order valence-electron chi connectivity index (χ0n) is 12.6. The van der Waals surface area contributed by atoms with Crippen molar-refractivity contribution in [2.45, 2.75) is 26.3 Å². The minimum atomic E-state index is -1.04. The number of aromatic nitrogens is 1. The van der Waals surface area contributed by atoms with Crippen LogP contribution in [0.15, 0.2) is 12.3 Å². The Morgan fingerprint density at radius 1 is 1.50 bits per heavy atom. The smallest absolute Gasteiger partial charge is 0.337 e. The molecular weight excluding hydrogens is 256 g/mol. The third-order valence-electron chi connectivity index (χ3n) is 2.90. The highest BCUT2D eigenvalue weighted by atomic mass is 16.4. The van der Waals surface area contributed by atoms with E-state index in [9.17, 15) is 4.79 Å². The molecule has 0 bridgehead atoms. The lowest BCUT2D eigenvalue weighted by Crippen LogP contribution is -2.34. The van der Waals surface area contributed by atoms with E-state index in [1.54, 1.807) is 0 Å². The summed E-state index contributed by atoms with van der Waals surface area (Å²) in [6.45, 7) is 5.13. The molecule has 0 aliphatic rings. The van der Waals surface area contributed by atoms with E-state index in [2.05, 4.69) is 29.0 Å². The van der Waals surface area contributed by atoms with Crippen LogP contribution in [0.1, 0.15) is 30.6 Å². The van der Waals surface area contributed by atoms with Gasteiger partial charge < -0.3 is 21.1 Å². The van der Waals surface area contributed by atoms with Crippen molar-refractivity contribution < 1.29 is 9.90 Å². The van der Waals surface area contributed by atoms with Gasteiger partial charge in [-0.25, -0.2) is 9.78 Å². The number of aromatic carboxylic acids is 1. The first-order valence-electron chi connectivity index (χ1n) is 6.70. The molecule has 1 atom stereocenters. The van der Waals surface area contributed by atoms with Crippen LogP contribution in [0.5, 0.6) is 0 Å². The quantitative estimate of drug-likeness (QED) is 0.705. The number of rotatable bonds is 7. The molecule has 1 rings (SSSR count). The van der Waals surface area contributed by atoms with Gasteiger partial charge >= 0.3 is 5.97 Å². The summed E-state index contributed by atoms with van der Waals surface area (Å²) in [5.74, 6) is -0.0744. The molecule has 0 aliphatic carbocycles. The van der Waals surface area contributed by atoms with Crippen LogP contribution in [0.2, 0.25) is 0 Å². The third-order valence-corrected chi connectivity index (χ3v) is 2.90. The number of hydrogen-bond donors (Lipinski definition) is 3. The second-order valence-electron chi connectivity index (χ2n) is 5.66. The van der Waals surface area contributed by atoms with E-state index in [1.165, 1.54) is 12.3 Å². The lowest BCUT2D eigenvalue weighted by molar-refractivity contribution is 0.0698. The van der Waals surface area contributed by atoms with Crippen molar-refractivity contribution in [3.63, 3.8) is 0 Å². The number of pyridine rings is 1. The summed E-state index contributed by atoms with van der Waals surface area (Å²) in [6.07, 6.45) is 2.42. The molecule has 0 spiro atoms. The lowest BCUT2D eigenvalue weighted by Gasteiger charge is -2.25. The third kappa shape index (κ3) is 4.70. The van der Waals surface area contributed by atoms with E-state index in [-0.39, 0.29) is 17.3 Å². The number of nitrogens with two attached hydrogens (primary N) is 1. The van der Waals surface area contributed by atoms with Crippen LogP contribution in [-0.2, 0) is 0 Å². The van der Waals surface area contributed by atoms with Crippen molar-refractivity contribution in [3.05, 3.63) is 17.8 Å². The fourth-order valence-corrected chi connectivity index (χ4v) is 2.16. The fraction of sp³-hybridized carbons (Fsp3) is 0.571. The van der Waals surface area contributed by atoms with Gasteiger partial charge in [0.1, 0.15) is 5.82 Å². The highest BCUT2D eigenvalue weighted by Gasteiger charge is 2.17. The van der Waals surface area contributed by atoms with Gasteiger partial charge in [0.05, 0.1) is 11.3 Å². The number of carboxylic acid groups (broad SMARTS) is 1. The van der Waals surface area contributed by atoms with Gasteiger partial charge in [0.15, 0.2) is 0 Å². The zero-order chi connectivity index (χ0) is 15.3. The summed E-state index contributed by atoms with van der Waals surface area (Å²) >= 11 is 0. The molecule has 0 saturated carbocycles. The molecule has 1 unspecified atom stereocenters. The van der Waals surface area contributed by atoms with Gasteiger partial charge in [-0.2, -0.15) is 0 Å². The van der Waals surface area contributed by atoms with E-state index in [0.717, 1.165) is 13.0 Å². The first-order valence-corrected chi connectivity index (χ1v) is 6.70. The Morgan fingerprint density at radius 2 is 2.15 bits per heavy atom. The molecule has 6 nitrogen and oxygen atoms in total. The maximum absolute atomic E-state index is 11.1. The van der Waals surface area contributed by atoms with Crippen molar-refractivity contribution >= 4 is 17.5 Å². The van der Waals surface area contributed by atoms with Gasteiger partial charge in [-0.15, -0.1) is 0 Å². The number of carbonyl (C=O) groups is 1. The van der Waals surface area contributed by atoms with Crippen molar-refractivity contribution in [2.75, 3.05) is 31.7 Å². The Balaban J connectivity index is 2.92. The second kappa shape index (κ2) is 7.09. The fourth-order valence-electron chi connectivity index (χ4n) is 2.16. The molecule has 1 heterocycles. The normalized spacial score (nSPS) is 12.7. The van der Waals surface area contributed by atoms with Crippen molar-refractivity contribution in [2.24, 2.45) is 5.92 Å². The van der Waals surface area contributed by atoms with E-state index < -0.39 is 5.97 Å². The minimum absolute atomic E-state index is 0.0793. The number of nitrogens with one attached hydrogen (secondary N) is 1. The predicted molar refractivity (Wildman–Crippen MR) is 81.0 cm³/mol. The standard InChI is InChI=1S/C14H24N4O2/c1-9(2)7-10(8-18(3)4)17-13-12(15)11(14(19)20)5-6-16-13/h5-6,9-10H,7-8,15H2,1-4H3,(H,16,17)(H,19,20). The molecule has 20 heavy (non-hydrogen) atoms. The molecule has 1 aromatic heterocycles. The Kier molecular flexibility index (Phi) is 5.76. The van der Waals surface area contributed by atoms with Gasteiger partial charge in [0.25, 0.3) is 0 Å². The zero-order valence-corrected chi connectivity index (χ0v) is 12.6. The van der Waals surface area contributed by atoms with E-state index in [4.69, 9.17) is 10.8 Å². The van der Waals surface area contributed by atoms with Crippen LogP contribution in [0.4, 0.5) is 11.5 Å². The van der Waals surface area contributed by atoms with Crippen LogP contribution in [0.3, 0.4) is 0 Å². The van der Waals surface area contributed by atoms with Gasteiger partial charge in [-0.3, -0.25) is 0 Å². The molecule has 6 heteroatoms. The summed E-state index contributed by atoms with van der Waals surface area (Å²) < 4.78 is 0. The molecule has 0 aromatic carbocycles. The maximum Gasteiger partial charge on any atom is 0.337 e. The predicted octanol–water partition coefficient (Wildman–Crippen LogP) is 1.75. The van der Waals surface area contributed by atoms with Crippen molar-refractivity contribution in [3.8, 4) is 0 Å². The summed E-state index contributed by atoms with van der Waals surface area (Å²) in [5, 5.41) is 12.3. The van der Waals surface area contributed by atoms with Gasteiger partial charge in [-0.05, 0) is 32.5 Å². The van der Waals surface area contributed by atoms with E-state index >= 15 is 0 Å². The molecule has 1 aromatic rings. The molecule has 0 aliphatic heterocycles. The topological polar surface area (TPSA) is 91.5 Å². The van der Waals surface area contributed by atoms with E-state index in [0.29, 0.717) is 11.7 Å². The van der Waals surface area contributed by atoms with Gasteiger partial charge in [0.2, 0.25) is 0 Å². The molecule has 4 N–H and O–H groups in total. The van der Waals surface area contributed by atoms with Crippen LogP contribution in [0.25, 0.3) is 0 Å². The number of anilines is 2. The van der Waals surface area contributed by atoms with Crippen LogP contribution in [0, 0.1) is 5.92 Å². The Morgan fingerprint density at radius 3 is 2.65 bits per heavy atom. The summed E-state index contributed by atoms with van der Waals surface area (Å²) in [4.78, 5) is 17.3. The number of hydrogen-bond acceptors (Lipinski definition) is 5. The summed E-state index contributed by atoms with van der Waals surface area (Å²) in [7, 11) is 4.00. The average molecular weight is 280 g/mol. The Labute approximate surface area is 120 Å². The number of nitrogen functional groups attached to an aromatic ring is 1. The number of carboxylic acids is 1. The minimum Gasteiger partial charge on any atom is -0.478 e. The Hall–Kier alpha value is -1.82. The van der Waals surface area contributed by atoms with Crippen molar-refractivity contribution in [1.82, 2.24) is 9.88 Å². The first kappa shape index (κ1) is 16.2. The van der Waals surface area contributed by atoms with E-state index in [1.807, 2.05) is 14.1 Å². The van der Waals surface area contributed by atoms with Gasteiger partial charge in [0, 0.05) is 18.8 Å². The monoisotopic (exact) mass is 280 g/mol. The number of likely N-dealkylation sites (N-methyl/N-ethyl adjacent to an activating group) is 1. The molecule has 0 fully saturated rings. The maximum atomic E-state index is 11.1. The van der Waals surface area contributed by atoms with Crippen LogP contribution >= 0.6 is 0 Å². The summed E-state index contributed by atoms with van der Waals surface area (Å²) in [6, 6.07) is 1.58. The highest BCUT2D eigenvalue weighted by Crippen LogP contribution is 2.22. The van der Waals surface area contributed by atoms with Crippen LogP contribution < -0.4 is 11.1 Å². The summed E-state index contributed by atoms with van der Waals surface area (Å²) in [5.41, 5.74) is 6.14. The average Bonchev–Trinajstić information content (AvgIpc) is 2.29. The lowest BCUT2D eigenvalue weighted by atomic mass is 10.0. The van der Waals surface area contributed by atoms with Crippen molar-refractivity contribution in [1.29, 1.82) is 0 Å². The first-order chi connectivity index (χ1) is 9.31. The van der Waals surface area contributed by atoms with Crippen LogP contribution in [-0.4, -0.2) is 47.6 Å². The molecule has 0 radical (unpaired) electrons. The SMILES string of the molecule is CC(C)CC(CN(C)C)Nc1nccc(C(=O)O)c1N. The molecule has 0 amide bonds. The molecule has 112 valence electrons. The molecular formula is C14H24N4O2. The Bertz CT molecular complexity index is 450. The molecule has 0 saturated heterocycles. The number of nitrogens with zero attached hydrogens (tertiary/aromatic N) is 2. The highest BCUT2D eigenvalue weighted by molar-refractivity contribution is 5.96. The second-order valence-corrected chi connectivity index (χ2v) is 5.66.